The quantitative estimate of drug-likeness (QED) is 0.803. The fourth-order valence-electron chi connectivity index (χ4n) is 1.65. The summed E-state index contributed by atoms with van der Waals surface area (Å²) in [5, 5.41) is 9.70. The normalized spacial score (nSPS) is 13.8. The van der Waals surface area contributed by atoms with Gasteiger partial charge in [-0.05, 0) is 46.8 Å². The van der Waals surface area contributed by atoms with Crippen molar-refractivity contribution in [3.63, 3.8) is 0 Å². The smallest absolute Gasteiger partial charge is 0.279 e. The van der Waals surface area contributed by atoms with Crippen LogP contribution in [0.5, 0.6) is 16.7 Å². The molecule has 20 heavy (non-hydrogen) atoms. The average molecular weight is 351 g/mol. The lowest BCUT2D eigenvalue weighted by Gasteiger charge is -2.08. The summed E-state index contributed by atoms with van der Waals surface area (Å²) in [5.41, 5.74) is 0.449. The van der Waals surface area contributed by atoms with Crippen molar-refractivity contribution < 1.29 is 9.47 Å². The molecule has 0 spiro atoms. The number of benzene rings is 1. The Morgan fingerprint density at radius 1 is 1.45 bits per heavy atom. The molecule has 0 bridgehead atoms. The van der Waals surface area contributed by atoms with Crippen LogP contribution >= 0.6 is 27.3 Å². The second-order valence-electron chi connectivity index (χ2n) is 4.56. The van der Waals surface area contributed by atoms with Crippen molar-refractivity contribution in [3.8, 4) is 22.8 Å². The van der Waals surface area contributed by atoms with Gasteiger partial charge in [0, 0.05) is 6.07 Å². The third-order valence-electron chi connectivity index (χ3n) is 2.91. The summed E-state index contributed by atoms with van der Waals surface area (Å²) in [6.07, 6.45) is 4.15. The van der Waals surface area contributed by atoms with Gasteiger partial charge in [-0.25, -0.2) is 4.98 Å². The van der Waals surface area contributed by atoms with Crippen LogP contribution in [0, 0.1) is 17.2 Å². The number of ether oxygens (including phenoxy) is 2. The second-order valence-corrected chi connectivity index (χ2v) is 6.93. The van der Waals surface area contributed by atoms with Gasteiger partial charge < -0.3 is 9.47 Å². The predicted molar refractivity (Wildman–Crippen MR) is 79.3 cm³/mol. The molecule has 1 heterocycles. The van der Waals surface area contributed by atoms with Crippen molar-refractivity contribution in [1.29, 1.82) is 5.26 Å². The molecule has 0 aliphatic heterocycles. The van der Waals surface area contributed by atoms with Crippen LogP contribution in [0.1, 0.15) is 18.4 Å². The molecule has 1 fully saturated rings. The first-order chi connectivity index (χ1) is 9.74. The molecule has 0 radical (unpaired) electrons. The Hall–Kier alpha value is -1.58. The van der Waals surface area contributed by atoms with Crippen LogP contribution in [0.15, 0.2) is 28.2 Å². The maximum atomic E-state index is 9.20. The van der Waals surface area contributed by atoms with Crippen LogP contribution in [0.3, 0.4) is 0 Å². The van der Waals surface area contributed by atoms with Gasteiger partial charge in [-0.1, -0.05) is 11.3 Å². The molecule has 4 nitrogen and oxygen atoms in total. The van der Waals surface area contributed by atoms with Crippen LogP contribution in [0.4, 0.5) is 0 Å². The van der Waals surface area contributed by atoms with E-state index in [0.717, 1.165) is 10.4 Å². The van der Waals surface area contributed by atoms with Crippen molar-refractivity contribution in [1.82, 2.24) is 4.98 Å². The van der Waals surface area contributed by atoms with Crippen LogP contribution in [0.25, 0.3) is 0 Å². The van der Waals surface area contributed by atoms with Crippen molar-refractivity contribution >= 4 is 27.3 Å². The fraction of sp³-hybridized carbons (Fsp3) is 0.286. The largest absolute Gasteiger partial charge is 0.493 e. The van der Waals surface area contributed by atoms with E-state index < -0.39 is 0 Å². The summed E-state index contributed by atoms with van der Waals surface area (Å²) in [5.74, 6) is 1.89. The molecule has 6 heteroatoms. The van der Waals surface area contributed by atoms with Gasteiger partial charge in [0.2, 0.25) is 0 Å². The summed E-state index contributed by atoms with van der Waals surface area (Å²) in [4.78, 5) is 4.09. The average Bonchev–Trinajstić information content (AvgIpc) is 3.20. The standard InChI is InChI=1S/C14H11BrN2O2S/c15-13-7-17-14(20-13)19-12-4-3-11(5-10(12)6-16)18-8-9-1-2-9/h3-5,7,9H,1-2,8H2. The number of nitrogens with zero attached hydrogens (tertiary/aromatic N) is 2. The Balaban J connectivity index is 1.74. The molecule has 2 aromatic rings. The zero-order valence-electron chi connectivity index (χ0n) is 10.5. The molecular weight excluding hydrogens is 340 g/mol. The Labute approximate surface area is 129 Å². The van der Waals surface area contributed by atoms with E-state index in [4.69, 9.17) is 9.47 Å². The predicted octanol–water partition coefficient (Wildman–Crippen LogP) is 4.36. The third-order valence-corrected chi connectivity index (χ3v) is 4.26. The van der Waals surface area contributed by atoms with E-state index in [9.17, 15) is 5.26 Å². The summed E-state index contributed by atoms with van der Waals surface area (Å²) in [6.45, 7) is 0.727. The lowest BCUT2D eigenvalue weighted by molar-refractivity contribution is 0.299. The van der Waals surface area contributed by atoms with Crippen LogP contribution in [-0.2, 0) is 0 Å². The number of aromatic nitrogens is 1. The molecule has 1 saturated carbocycles. The highest BCUT2D eigenvalue weighted by molar-refractivity contribution is 9.11. The minimum absolute atomic E-state index is 0.449. The van der Waals surface area contributed by atoms with Gasteiger partial charge in [0.1, 0.15) is 17.6 Å². The molecular formula is C14H11BrN2O2S. The molecule has 0 N–H and O–H groups in total. The van der Waals surface area contributed by atoms with Gasteiger partial charge >= 0.3 is 0 Å². The number of rotatable bonds is 5. The molecule has 102 valence electrons. The zero-order chi connectivity index (χ0) is 13.9. The van der Waals surface area contributed by atoms with Crippen molar-refractivity contribution in [3.05, 3.63) is 33.7 Å². The number of hydrogen-bond acceptors (Lipinski definition) is 5. The molecule has 0 saturated heterocycles. The number of halogens is 1. The minimum Gasteiger partial charge on any atom is -0.493 e. The van der Waals surface area contributed by atoms with Gasteiger partial charge in [-0.2, -0.15) is 5.26 Å². The van der Waals surface area contributed by atoms with E-state index >= 15 is 0 Å². The molecule has 0 unspecified atom stereocenters. The van der Waals surface area contributed by atoms with Gasteiger partial charge in [-0.3, -0.25) is 0 Å². The number of hydrogen-bond donors (Lipinski definition) is 0. The van der Waals surface area contributed by atoms with E-state index in [1.165, 1.54) is 24.2 Å². The van der Waals surface area contributed by atoms with Crippen molar-refractivity contribution in [2.45, 2.75) is 12.8 Å². The third kappa shape index (κ3) is 3.30. The van der Waals surface area contributed by atoms with Gasteiger partial charge in [0.05, 0.1) is 22.2 Å². The Kier molecular flexibility index (Phi) is 3.90. The van der Waals surface area contributed by atoms with Gasteiger partial charge in [0.25, 0.3) is 5.19 Å². The highest BCUT2D eigenvalue weighted by atomic mass is 79.9. The molecule has 1 aliphatic rings. The SMILES string of the molecule is N#Cc1cc(OCC2CC2)ccc1Oc1ncc(Br)s1. The van der Waals surface area contributed by atoms with E-state index in [1.54, 1.807) is 18.3 Å². The first kappa shape index (κ1) is 13.4. The first-order valence-corrected chi connectivity index (χ1v) is 7.81. The summed E-state index contributed by atoms with van der Waals surface area (Å²) in [7, 11) is 0. The lowest BCUT2D eigenvalue weighted by Crippen LogP contribution is -1.99. The summed E-state index contributed by atoms with van der Waals surface area (Å²) in [6, 6.07) is 7.40. The maximum absolute atomic E-state index is 9.20. The Morgan fingerprint density at radius 3 is 2.95 bits per heavy atom. The topological polar surface area (TPSA) is 55.1 Å². The van der Waals surface area contributed by atoms with E-state index in [0.29, 0.717) is 28.2 Å². The van der Waals surface area contributed by atoms with Crippen LogP contribution in [-0.4, -0.2) is 11.6 Å². The number of thiazole rings is 1. The molecule has 0 amide bonds. The molecule has 1 aromatic carbocycles. The van der Waals surface area contributed by atoms with Crippen LogP contribution in [0.2, 0.25) is 0 Å². The fourth-order valence-corrected chi connectivity index (χ4v) is 2.68. The summed E-state index contributed by atoms with van der Waals surface area (Å²) < 4.78 is 12.2. The Bertz CT molecular complexity index is 661. The highest BCUT2D eigenvalue weighted by Crippen LogP contribution is 2.33. The minimum atomic E-state index is 0.449. The van der Waals surface area contributed by atoms with E-state index in [-0.39, 0.29) is 0 Å². The molecule has 1 aliphatic carbocycles. The van der Waals surface area contributed by atoms with Gasteiger partial charge in [-0.15, -0.1) is 0 Å². The molecule has 0 atom stereocenters. The zero-order valence-corrected chi connectivity index (χ0v) is 12.9. The monoisotopic (exact) mass is 350 g/mol. The first-order valence-electron chi connectivity index (χ1n) is 6.21. The second kappa shape index (κ2) is 5.81. The van der Waals surface area contributed by atoms with Crippen LogP contribution < -0.4 is 9.47 Å². The Morgan fingerprint density at radius 2 is 2.30 bits per heavy atom. The maximum Gasteiger partial charge on any atom is 0.279 e. The molecule has 3 rings (SSSR count). The van der Waals surface area contributed by atoms with E-state index in [2.05, 4.69) is 27.0 Å². The lowest BCUT2D eigenvalue weighted by atomic mass is 10.2. The molecule has 1 aromatic heterocycles. The summed E-state index contributed by atoms with van der Waals surface area (Å²) >= 11 is 4.69. The highest BCUT2D eigenvalue weighted by Gasteiger charge is 2.22. The number of nitriles is 1. The van der Waals surface area contributed by atoms with E-state index in [1.807, 2.05) is 6.07 Å². The van der Waals surface area contributed by atoms with Crippen molar-refractivity contribution in [2.24, 2.45) is 5.92 Å². The van der Waals surface area contributed by atoms with Crippen molar-refractivity contribution in [2.75, 3.05) is 6.61 Å². The van der Waals surface area contributed by atoms with Gasteiger partial charge in [0.15, 0.2) is 0 Å².